The van der Waals surface area contributed by atoms with E-state index < -0.39 is 0 Å². The van der Waals surface area contributed by atoms with E-state index >= 15 is 0 Å². The zero-order valence-electron chi connectivity index (χ0n) is 67.7. The highest BCUT2D eigenvalue weighted by molar-refractivity contribution is 6.16. The van der Waals surface area contributed by atoms with E-state index in [1.165, 1.54) is 137 Å². The topological polar surface area (TPSA) is 45.5 Å². The minimum atomic E-state index is 0.955. The van der Waals surface area contributed by atoms with Gasteiger partial charge in [0.25, 0.3) is 0 Å². The summed E-state index contributed by atoms with van der Waals surface area (Å²) >= 11 is 0. The molecule has 0 N–H and O–H groups in total. The number of rotatable bonds is 14. The van der Waals surface area contributed by atoms with Crippen LogP contribution in [-0.2, 0) is 0 Å². The Hall–Kier alpha value is -16.5. The molecule has 0 spiro atoms. The molecule has 6 heterocycles. The average Bonchev–Trinajstić information content (AvgIpc) is 1.57. The summed E-state index contributed by atoms with van der Waals surface area (Å²) in [4.78, 5) is 10.3. The molecule has 0 aliphatic heterocycles. The predicted molar refractivity (Wildman–Crippen MR) is 520 cm³/mol. The van der Waals surface area contributed by atoms with Gasteiger partial charge in [-0.15, -0.1) is 0 Å². The summed E-state index contributed by atoms with van der Waals surface area (Å²) in [5, 5.41) is 9.96. The summed E-state index contributed by atoms with van der Waals surface area (Å²) in [5.74, 6) is 0. The van der Waals surface area contributed by atoms with Crippen molar-refractivity contribution in [3.8, 4) is 135 Å². The number of aromatic nitrogens is 6. The van der Waals surface area contributed by atoms with Crippen molar-refractivity contribution in [1.82, 2.24) is 28.2 Å². The molecule has 24 aromatic rings. The van der Waals surface area contributed by atoms with Gasteiger partial charge in [0, 0.05) is 99.2 Å². The maximum atomic E-state index is 5.17. The minimum Gasteiger partial charge on any atom is -0.309 e. The molecule has 0 aliphatic carbocycles. The quantitative estimate of drug-likeness (QED) is 0.109. The van der Waals surface area contributed by atoms with Crippen LogP contribution < -0.4 is 0 Å². The monoisotopic (exact) mass is 1580 g/mol. The van der Waals surface area contributed by atoms with E-state index in [-0.39, 0.29) is 0 Å². The van der Waals surface area contributed by atoms with Gasteiger partial charge in [-0.3, -0.25) is 0 Å². The predicted octanol–water partition coefficient (Wildman–Crippen LogP) is 31.2. The van der Waals surface area contributed by atoms with Gasteiger partial charge in [0.2, 0.25) is 0 Å². The molecule has 6 nitrogen and oxygen atoms in total. The molecule has 0 saturated heterocycles. The van der Waals surface area contributed by atoms with Crippen molar-refractivity contribution in [2.24, 2.45) is 0 Å². The lowest BCUT2D eigenvalue weighted by Crippen LogP contribution is -1.96. The van der Waals surface area contributed by atoms with Gasteiger partial charge in [-0.1, -0.05) is 352 Å². The highest BCUT2D eigenvalue weighted by atomic mass is 15.0. The summed E-state index contributed by atoms with van der Waals surface area (Å²) in [5.41, 5.74) is 36.6. The molecule has 580 valence electrons. The summed E-state index contributed by atoms with van der Waals surface area (Å²) in [6, 6.07) is 170. The summed E-state index contributed by atoms with van der Waals surface area (Å²) in [7, 11) is 0. The molecule has 6 aromatic heterocycles. The molecule has 0 fully saturated rings. The van der Waals surface area contributed by atoms with Crippen LogP contribution in [0.15, 0.2) is 473 Å². The van der Waals surface area contributed by atoms with Crippen LogP contribution in [-0.4, -0.2) is 28.2 Å². The lowest BCUT2D eigenvalue weighted by atomic mass is 9.97. The van der Waals surface area contributed by atoms with Gasteiger partial charge < -0.3 is 18.3 Å². The lowest BCUT2D eigenvalue weighted by Gasteiger charge is -2.13. The second-order valence-corrected chi connectivity index (χ2v) is 31.9. The summed E-state index contributed by atoms with van der Waals surface area (Å²) in [6.07, 6.45) is 0. The Morgan fingerprint density at radius 3 is 0.718 bits per heavy atom. The van der Waals surface area contributed by atoms with Crippen molar-refractivity contribution in [2.75, 3.05) is 0 Å². The van der Waals surface area contributed by atoms with Crippen LogP contribution in [0.2, 0.25) is 0 Å². The van der Waals surface area contributed by atoms with Crippen LogP contribution in [0.25, 0.3) is 222 Å². The first-order valence-electron chi connectivity index (χ1n) is 42.4. The molecule has 6 heteroatoms. The van der Waals surface area contributed by atoms with Gasteiger partial charge in [-0.2, -0.15) is 0 Å². The normalized spacial score (nSPS) is 11.5. The number of pyridine rings is 2. The molecule has 18 aromatic carbocycles. The minimum absolute atomic E-state index is 0.955. The summed E-state index contributed by atoms with van der Waals surface area (Å²) < 4.78 is 9.63. The van der Waals surface area contributed by atoms with E-state index in [4.69, 9.17) is 9.97 Å². The molecule has 0 radical (unpaired) electrons. The molecule has 0 unspecified atom stereocenters. The van der Waals surface area contributed by atoms with Gasteiger partial charge in [-0.25, -0.2) is 9.97 Å². The third-order valence-electron chi connectivity index (χ3n) is 24.7. The van der Waals surface area contributed by atoms with E-state index in [0.29, 0.717) is 0 Å². The van der Waals surface area contributed by atoms with Gasteiger partial charge >= 0.3 is 0 Å². The smallest absolute Gasteiger partial charge is 0.0715 e. The van der Waals surface area contributed by atoms with Crippen LogP contribution in [0.1, 0.15) is 0 Å². The average molecular weight is 1580 g/mol. The van der Waals surface area contributed by atoms with Crippen LogP contribution >= 0.6 is 0 Å². The zero-order valence-corrected chi connectivity index (χ0v) is 67.7. The van der Waals surface area contributed by atoms with E-state index in [1.54, 1.807) is 0 Å². The second kappa shape index (κ2) is 31.0. The first-order chi connectivity index (χ1) is 61.5. The second-order valence-electron chi connectivity index (χ2n) is 31.9. The molecular formula is C118H78N6. The van der Waals surface area contributed by atoms with E-state index in [9.17, 15) is 0 Å². The van der Waals surface area contributed by atoms with Crippen LogP contribution in [0.4, 0.5) is 0 Å². The number of benzene rings is 18. The van der Waals surface area contributed by atoms with Gasteiger partial charge in [-0.05, 0) is 177 Å². The highest BCUT2D eigenvalue weighted by Crippen LogP contribution is 2.45. The highest BCUT2D eigenvalue weighted by Gasteiger charge is 2.23. The standard InChI is InChI=1S/2C59H39N3/c1-4-15-43(16-5-1)54-38-46(39-55(60-54)44-17-6-2-7-18-44)41-29-27-40(28-30-41)45-33-36-58-53(37-45)51-22-11-12-25-56(51)61(58)48-34-31-42(32-35-48)49-23-14-24-52-50-21-10-13-26-57(50)62(59(49)52)47-19-8-3-9-20-47;1-4-15-40(16-5-1)46-38-54(43-17-6-2-7-18-43)60-55(39-46)44-29-27-41(28-30-44)45-33-36-58-53(37-45)51-22-11-12-25-56(51)61(58)48-34-31-42(32-35-48)49-23-14-24-52-50-21-10-13-26-57(50)62(59(49)52)47-19-8-3-9-20-47/h2*1-39H. The Balaban J connectivity index is 0.000000143. The maximum absolute atomic E-state index is 5.17. The van der Waals surface area contributed by atoms with Gasteiger partial charge in [0.1, 0.15) is 0 Å². The Morgan fingerprint density at radius 1 is 0.129 bits per heavy atom. The van der Waals surface area contributed by atoms with Crippen molar-refractivity contribution in [3.05, 3.63) is 473 Å². The van der Waals surface area contributed by atoms with Crippen molar-refractivity contribution in [2.45, 2.75) is 0 Å². The van der Waals surface area contributed by atoms with E-state index in [0.717, 1.165) is 84.5 Å². The Morgan fingerprint density at radius 2 is 0.363 bits per heavy atom. The molecule has 0 atom stereocenters. The van der Waals surface area contributed by atoms with Crippen LogP contribution in [0.3, 0.4) is 0 Å². The molecule has 0 bridgehead atoms. The Kier molecular flexibility index (Phi) is 18.2. The molecule has 24 rings (SSSR count). The molecule has 0 saturated carbocycles. The van der Waals surface area contributed by atoms with Crippen molar-refractivity contribution < 1.29 is 0 Å². The molecule has 0 amide bonds. The molecule has 124 heavy (non-hydrogen) atoms. The van der Waals surface area contributed by atoms with Crippen molar-refractivity contribution >= 4 is 87.2 Å². The van der Waals surface area contributed by atoms with Crippen molar-refractivity contribution in [3.63, 3.8) is 0 Å². The van der Waals surface area contributed by atoms with Gasteiger partial charge in [0.05, 0.1) is 66.9 Å². The fourth-order valence-electron chi connectivity index (χ4n) is 18.8. The SMILES string of the molecule is c1ccc(-c2cc(-c3ccc(-c4ccc5c(c4)c4ccccc4n5-c4ccc(-c5cccc6c7ccccc7n(-c7ccccc7)c56)cc4)cc3)cc(-c3ccccc3)n2)cc1.c1ccc(-c2cc(-c3ccccc3)nc(-c3ccc(-c4ccc5c(c4)c4ccccc4n5-c4ccc(-c5cccc6c7ccccc7n(-c7ccccc7)c56)cc4)cc3)c2)cc1. The first kappa shape index (κ1) is 72.7. The first-order valence-corrected chi connectivity index (χ1v) is 42.4. The third-order valence-corrected chi connectivity index (χ3v) is 24.7. The van der Waals surface area contributed by atoms with Crippen LogP contribution in [0, 0.1) is 0 Å². The number of hydrogen-bond acceptors (Lipinski definition) is 2. The summed E-state index contributed by atoms with van der Waals surface area (Å²) in [6.45, 7) is 0. The van der Waals surface area contributed by atoms with Crippen LogP contribution in [0.5, 0.6) is 0 Å². The number of hydrogen-bond donors (Lipinski definition) is 0. The molecular weight excluding hydrogens is 1500 g/mol. The molecule has 0 aliphatic rings. The fraction of sp³-hybridized carbons (Fsp3) is 0. The maximum Gasteiger partial charge on any atom is 0.0715 e. The number of nitrogens with zero attached hydrogens (tertiary/aromatic N) is 6. The van der Waals surface area contributed by atoms with Gasteiger partial charge in [0.15, 0.2) is 0 Å². The largest absolute Gasteiger partial charge is 0.309 e. The lowest BCUT2D eigenvalue weighted by molar-refractivity contribution is 1.17. The third kappa shape index (κ3) is 13.0. The number of para-hydroxylation sites is 8. The zero-order chi connectivity index (χ0) is 82.0. The van der Waals surface area contributed by atoms with E-state index in [2.05, 4.69) is 473 Å². The Labute approximate surface area is 718 Å². The van der Waals surface area contributed by atoms with E-state index in [1.807, 2.05) is 18.2 Å². The van der Waals surface area contributed by atoms with Crippen molar-refractivity contribution in [1.29, 1.82) is 0 Å². The number of fused-ring (bicyclic) bond motifs is 12. The Bertz CT molecular complexity index is 7530. The fourth-order valence-corrected chi connectivity index (χ4v) is 18.8.